The number of carbonyl (C=O) groups is 1. The molecule has 0 aliphatic carbocycles. The zero-order chi connectivity index (χ0) is 16.4. The molecule has 0 aromatic heterocycles. The molecule has 0 saturated heterocycles. The van der Waals surface area contributed by atoms with E-state index in [9.17, 15) is 18.0 Å². The van der Waals surface area contributed by atoms with Gasteiger partial charge in [-0.1, -0.05) is 20.8 Å². The highest BCUT2D eigenvalue weighted by molar-refractivity contribution is 6.17. The van der Waals surface area contributed by atoms with Crippen LogP contribution in [0.4, 0.5) is 13.2 Å². The maximum absolute atomic E-state index is 13.7. The van der Waals surface area contributed by atoms with Crippen molar-refractivity contribution in [1.82, 2.24) is 5.32 Å². The van der Waals surface area contributed by atoms with Gasteiger partial charge in [-0.15, -0.1) is 11.6 Å². The third-order valence-electron chi connectivity index (χ3n) is 3.13. The molecule has 0 spiro atoms. The molecule has 0 fully saturated rings. The van der Waals surface area contributed by atoms with Crippen LogP contribution < -0.4 is 5.32 Å². The highest BCUT2D eigenvalue weighted by Crippen LogP contribution is 2.27. The standard InChI is InChI=1S/C14H17ClF3NO2/c1-14(2,3)9(4-5-15)19-13(21)7-6-8(16)11(18)12(20)10(7)17/h6,9,20H,4-5H2,1-3H3,(H,19,21). The van der Waals surface area contributed by atoms with E-state index < -0.39 is 40.7 Å². The lowest BCUT2D eigenvalue weighted by Crippen LogP contribution is -2.44. The van der Waals surface area contributed by atoms with Crippen molar-refractivity contribution in [3.05, 3.63) is 29.1 Å². The zero-order valence-corrected chi connectivity index (χ0v) is 12.7. The van der Waals surface area contributed by atoms with Crippen molar-refractivity contribution < 1.29 is 23.1 Å². The minimum atomic E-state index is -1.72. The number of amides is 1. The number of alkyl halides is 1. The van der Waals surface area contributed by atoms with E-state index in [4.69, 9.17) is 16.7 Å². The molecule has 1 amide bonds. The van der Waals surface area contributed by atoms with Crippen LogP contribution in [0, 0.1) is 22.9 Å². The van der Waals surface area contributed by atoms with Crippen LogP contribution in [0.2, 0.25) is 0 Å². The molecule has 3 nitrogen and oxygen atoms in total. The number of benzene rings is 1. The molecule has 1 aromatic rings. The summed E-state index contributed by atoms with van der Waals surface area (Å²) in [6, 6.07) is 0.0253. The summed E-state index contributed by atoms with van der Waals surface area (Å²) in [5.74, 6) is -6.89. The Morgan fingerprint density at radius 3 is 2.38 bits per heavy atom. The molecule has 0 aliphatic heterocycles. The summed E-state index contributed by atoms with van der Waals surface area (Å²) in [7, 11) is 0. The van der Waals surface area contributed by atoms with Crippen molar-refractivity contribution in [2.45, 2.75) is 33.2 Å². The highest BCUT2D eigenvalue weighted by Gasteiger charge is 2.28. The SMILES string of the molecule is CC(C)(C)C(CCCl)NC(=O)c1cc(F)c(F)c(O)c1F. The van der Waals surface area contributed by atoms with E-state index >= 15 is 0 Å². The molecule has 0 saturated carbocycles. The number of carbonyl (C=O) groups excluding carboxylic acids is 1. The zero-order valence-electron chi connectivity index (χ0n) is 11.9. The van der Waals surface area contributed by atoms with Gasteiger partial charge >= 0.3 is 0 Å². The summed E-state index contributed by atoms with van der Waals surface area (Å²) in [5, 5.41) is 11.6. The van der Waals surface area contributed by atoms with Crippen LogP contribution >= 0.6 is 11.6 Å². The normalized spacial score (nSPS) is 13.1. The van der Waals surface area contributed by atoms with Crippen LogP contribution in [0.25, 0.3) is 0 Å². The second kappa shape index (κ2) is 6.56. The maximum Gasteiger partial charge on any atom is 0.254 e. The smallest absolute Gasteiger partial charge is 0.254 e. The number of halogens is 4. The van der Waals surface area contributed by atoms with E-state index in [0.717, 1.165) is 0 Å². The van der Waals surface area contributed by atoms with Crippen LogP contribution in [-0.4, -0.2) is 22.9 Å². The Hall–Kier alpha value is -1.43. The van der Waals surface area contributed by atoms with Crippen molar-refractivity contribution in [2.24, 2.45) is 5.41 Å². The van der Waals surface area contributed by atoms with Crippen LogP contribution in [0.1, 0.15) is 37.6 Å². The highest BCUT2D eigenvalue weighted by atomic mass is 35.5. The average molecular weight is 324 g/mol. The predicted octanol–water partition coefficient (Wildman–Crippen LogP) is 3.58. The number of phenols is 1. The molecule has 1 rings (SSSR count). The molecule has 1 unspecified atom stereocenters. The Morgan fingerprint density at radius 2 is 1.90 bits per heavy atom. The monoisotopic (exact) mass is 323 g/mol. The molecule has 0 radical (unpaired) electrons. The van der Waals surface area contributed by atoms with Gasteiger partial charge in [0.15, 0.2) is 17.4 Å². The summed E-state index contributed by atoms with van der Waals surface area (Å²) >= 11 is 5.66. The first-order valence-corrected chi connectivity index (χ1v) is 6.86. The summed E-state index contributed by atoms with van der Waals surface area (Å²) in [5.41, 5.74) is -1.11. The van der Waals surface area contributed by atoms with Gasteiger partial charge in [-0.2, -0.15) is 4.39 Å². The second-order valence-corrected chi connectivity index (χ2v) is 6.13. The van der Waals surface area contributed by atoms with E-state index in [1.165, 1.54) is 0 Å². The van der Waals surface area contributed by atoms with Gasteiger partial charge < -0.3 is 10.4 Å². The first kappa shape index (κ1) is 17.6. The summed E-state index contributed by atoms with van der Waals surface area (Å²) in [6.45, 7) is 5.55. The van der Waals surface area contributed by atoms with Crippen LogP contribution in [0.3, 0.4) is 0 Å². The molecule has 1 atom stereocenters. The van der Waals surface area contributed by atoms with Crippen LogP contribution in [0.15, 0.2) is 6.07 Å². The minimum absolute atomic E-state index is 0.272. The van der Waals surface area contributed by atoms with E-state index in [1.807, 2.05) is 20.8 Å². The number of rotatable bonds is 4. The fraction of sp³-hybridized carbons (Fsp3) is 0.500. The lowest BCUT2D eigenvalue weighted by molar-refractivity contribution is 0.0894. The van der Waals surface area contributed by atoms with Crippen molar-refractivity contribution in [2.75, 3.05) is 5.88 Å². The first-order valence-electron chi connectivity index (χ1n) is 6.32. The Balaban J connectivity index is 3.09. The van der Waals surface area contributed by atoms with Crippen molar-refractivity contribution >= 4 is 17.5 Å². The topological polar surface area (TPSA) is 49.3 Å². The van der Waals surface area contributed by atoms with Crippen molar-refractivity contribution in [3.8, 4) is 5.75 Å². The molecule has 7 heteroatoms. The van der Waals surface area contributed by atoms with Gasteiger partial charge in [0.25, 0.3) is 5.91 Å². The Labute approximate surface area is 126 Å². The fourth-order valence-electron chi connectivity index (χ4n) is 1.82. The molecular weight excluding hydrogens is 307 g/mol. The fourth-order valence-corrected chi connectivity index (χ4v) is 2.04. The summed E-state index contributed by atoms with van der Waals surface area (Å²) < 4.78 is 39.9. The third kappa shape index (κ3) is 4.03. The second-order valence-electron chi connectivity index (χ2n) is 5.75. The van der Waals surface area contributed by atoms with Gasteiger partial charge in [-0.05, 0) is 17.9 Å². The average Bonchev–Trinajstić information content (AvgIpc) is 2.38. The molecule has 0 bridgehead atoms. The molecule has 1 aromatic carbocycles. The Morgan fingerprint density at radius 1 is 1.33 bits per heavy atom. The lowest BCUT2D eigenvalue weighted by Gasteiger charge is -2.31. The number of nitrogens with one attached hydrogen (secondary N) is 1. The first-order chi connectivity index (χ1) is 9.59. The maximum atomic E-state index is 13.7. The number of phenolic OH excluding ortho intramolecular Hbond substituents is 1. The van der Waals surface area contributed by atoms with Crippen molar-refractivity contribution in [1.29, 1.82) is 0 Å². The van der Waals surface area contributed by atoms with E-state index in [-0.39, 0.29) is 11.3 Å². The third-order valence-corrected chi connectivity index (χ3v) is 3.34. The molecular formula is C14H17ClF3NO2. The molecule has 2 N–H and O–H groups in total. The van der Waals surface area contributed by atoms with Crippen LogP contribution in [0.5, 0.6) is 5.75 Å². The number of hydrogen-bond donors (Lipinski definition) is 2. The molecule has 0 heterocycles. The van der Waals surface area contributed by atoms with Crippen molar-refractivity contribution in [3.63, 3.8) is 0 Å². The molecule has 21 heavy (non-hydrogen) atoms. The summed E-state index contributed by atoms with van der Waals surface area (Å²) in [4.78, 5) is 12.0. The largest absolute Gasteiger partial charge is 0.503 e. The number of hydrogen-bond acceptors (Lipinski definition) is 2. The Bertz CT molecular complexity index is 544. The van der Waals surface area contributed by atoms with Gasteiger partial charge in [0.05, 0.1) is 5.56 Å². The van der Waals surface area contributed by atoms with Gasteiger partial charge in [0.2, 0.25) is 5.82 Å². The Kier molecular flexibility index (Phi) is 5.50. The number of aromatic hydroxyl groups is 1. The molecule has 118 valence electrons. The predicted molar refractivity (Wildman–Crippen MR) is 74.0 cm³/mol. The van der Waals surface area contributed by atoms with Gasteiger partial charge in [-0.25, -0.2) is 8.78 Å². The van der Waals surface area contributed by atoms with Crippen LogP contribution in [-0.2, 0) is 0 Å². The van der Waals surface area contributed by atoms with Gasteiger partial charge in [-0.3, -0.25) is 4.79 Å². The van der Waals surface area contributed by atoms with E-state index in [1.54, 1.807) is 0 Å². The lowest BCUT2D eigenvalue weighted by atomic mass is 9.85. The minimum Gasteiger partial charge on any atom is -0.503 e. The van der Waals surface area contributed by atoms with E-state index in [0.29, 0.717) is 12.5 Å². The quantitative estimate of drug-likeness (QED) is 0.657. The van der Waals surface area contributed by atoms with Gasteiger partial charge in [0, 0.05) is 11.9 Å². The van der Waals surface area contributed by atoms with Gasteiger partial charge in [0.1, 0.15) is 0 Å². The van der Waals surface area contributed by atoms with E-state index in [2.05, 4.69) is 5.32 Å². The summed E-state index contributed by atoms with van der Waals surface area (Å²) in [6.07, 6.45) is 0.425. The molecule has 0 aliphatic rings.